The number of aromatic nitrogens is 3. The molecule has 4 heteroatoms. The summed E-state index contributed by atoms with van der Waals surface area (Å²) in [6.07, 6.45) is 5.68. The van der Waals surface area contributed by atoms with Crippen LogP contribution in [-0.2, 0) is 6.54 Å². The van der Waals surface area contributed by atoms with Gasteiger partial charge in [0.05, 0.1) is 6.20 Å². The molecule has 11 heavy (non-hydrogen) atoms. The fraction of sp³-hybridized carbons (Fsp3) is 0.286. The third kappa shape index (κ3) is 0.914. The molecule has 0 aliphatic carbocycles. The number of hydrogen-bond acceptors (Lipinski definition) is 2. The maximum absolute atomic E-state index is 5.43. The molecule has 0 aliphatic heterocycles. The van der Waals surface area contributed by atoms with Crippen molar-refractivity contribution in [3.63, 3.8) is 0 Å². The van der Waals surface area contributed by atoms with Crippen molar-refractivity contribution in [2.45, 2.75) is 6.54 Å². The lowest BCUT2D eigenvalue weighted by Gasteiger charge is -1.97. The van der Waals surface area contributed by atoms with Crippen LogP contribution >= 0.6 is 0 Å². The summed E-state index contributed by atoms with van der Waals surface area (Å²) >= 11 is 0. The minimum atomic E-state index is 0.662. The predicted octanol–water partition coefficient (Wildman–Crippen LogP) is 0.0945. The van der Waals surface area contributed by atoms with E-state index in [0.29, 0.717) is 6.54 Å². The van der Waals surface area contributed by atoms with Gasteiger partial charge in [0.2, 0.25) is 0 Å². The highest BCUT2D eigenvalue weighted by Crippen LogP contribution is 2.02. The molecule has 2 aromatic heterocycles. The number of imidazole rings is 1. The van der Waals surface area contributed by atoms with E-state index in [9.17, 15) is 0 Å². The van der Waals surface area contributed by atoms with Gasteiger partial charge in [0.1, 0.15) is 5.65 Å². The molecule has 0 aliphatic rings. The Balaban J connectivity index is 2.51. The Morgan fingerprint density at radius 3 is 3.18 bits per heavy atom. The van der Waals surface area contributed by atoms with Crippen LogP contribution < -0.4 is 5.73 Å². The average Bonchev–Trinajstić information content (AvgIpc) is 2.53. The second kappa shape index (κ2) is 2.39. The zero-order valence-corrected chi connectivity index (χ0v) is 6.14. The second-order valence-corrected chi connectivity index (χ2v) is 2.41. The highest BCUT2D eigenvalue weighted by Gasteiger charge is 1.97. The monoisotopic (exact) mass is 150 g/mol. The first-order valence-electron chi connectivity index (χ1n) is 3.60. The standard InChI is InChI=1S/C7H10N4/c8-2-4-10-5-6-11-7(10)1-3-9-11/h1,3,5-6H,2,4,8H2. The largest absolute Gasteiger partial charge is 0.330 e. The smallest absolute Gasteiger partial charge is 0.135 e. The van der Waals surface area contributed by atoms with Crippen molar-refractivity contribution in [3.8, 4) is 0 Å². The van der Waals surface area contributed by atoms with Crippen LogP contribution in [0.3, 0.4) is 0 Å². The molecular weight excluding hydrogens is 140 g/mol. The van der Waals surface area contributed by atoms with Gasteiger partial charge in [0, 0.05) is 31.5 Å². The quantitative estimate of drug-likeness (QED) is 0.659. The van der Waals surface area contributed by atoms with Crippen molar-refractivity contribution in [3.05, 3.63) is 24.7 Å². The Kier molecular flexibility index (Phi) is 1.40. The van der Waals surface area contributed by atoms with Crippen LogP contribution in [0, 0.1) is 0 Å². The summed E-state index contributed by atoms with van der Waals surface area (Å²) in [6.45, 7) is 1.51. The molecule has 2 N–H and O–H groups in total. The van der Waals surface area contributed by atoms with Gasteiger partial charge >= 0.3 is 0 Å². The molecule has 0 aromatic carbocycles. The SMILES string of the molecule is NCCn1ccn2nccc12. The molecule has 2 heterocycles. The van der Waals surface area contributed by atoms with Crippen molar-refractivity contribution in [2.75, 3.05) is 6.54 Å². The number of nitrogens with zero attached hydrogens (tertiary/aromatic N) is 3. The van der Waals surface area contributed by atoms with Gasteiger partial charge in [0.25, 0.3) is 0 Å². The van der Waals surface area contributed by atoms with Gasteiger partial charge in [-0.1, -0.05) is 0 Å². The summed E-state index contributed by atoms with van der Waals surface area (Å²) in [4.78, 5) is 0. The summed E-state index contributed by atoms with van der Waals surface area (Å²) in [6, 6.07) is 1.97. The van der Waals surface area contributed by atoms with Gasteiger partial charge < -0.3 is 10.3 Å². The summed E-state index contributed by atoms with van der Waals surface area (Å²) in [5, 5.41) is 4.08. The van der Waals surface area contributed by atoms with Crippen molar-refractivity contribution < 1.29 is 0 Å². The van der Waals surface area contributed by atoms with E-state index in [1.54, 1.807) is 6.20 Å². The number of nitrogens with two attached hydrogens (primary N) is 1. The van der Waals surface area contributed by atoms with Crippen LogP contribution in [0.1, 0.15) is 0 Å². The lowest BCUT2D eigenvalue weighted by Crippen LogP contribution is -2.08. The molecule has 0 atom stereocenters. The highest BCUT2D eigenvalue weighted by atomic mass is 15.3. The van der Waals surface area contributed by atoms with E-state index < -0.39 is 0 Å². The van der Waals surface area contributed by atoms with E-state index >= 15 is 0 Å². The number of hydrogen-bond donors (Lipinski definition) is 1. The van der Waals surface area contributed by atoms with Crippen LogP contribution in [0.25, 0.3) is 5.65 Å². The normalized spacial score (nSPS) is 11.0. The molecule has 0 spiro atoms. The second-order valence-electron chi connectivity index (χ2n) is 2.41. The van der Waals surface area contributed by atoms with Crippen LogP contribution in [-0.4, -0.2) is 20.7 Å². The van der Waals surface area contributed by atoms with Gasteiger partial charge in [-0.25, -0.2) is 4.52 Å². The Bertz CT molecular complexity index is 346. The first-order chi connectivity index (χ1) is 5.42. The third-order valence-electron chi connectivity index (χ3n) is 1.70. The molecule has 2 rings (SSSR count). The summed E-state index contributed by atoms with van der Waals surface area (Å²) in [5.74, 6) is 0. The predicted molar refractivity (Wildman–Crippen MR) is 42.2 cm³/mol. The van der Waals surface area contributed by atoms with E-state index in [-0.39, 0.29) is 0 Å². The van der Waals surface area contributed by atoms with Gasteiger partial charge in [-0.15, -0.1) is 0 Å². The van der Waals surface area contributed by atoms with Crippen LogP contribution in [0.15, 0.2) is 24.7 Å². The summed E-state index contributed by atoms with van der Waals surface area (Å²) in [5.41, 5.74) is 6.52. The molecule has 58 valence electrons. The van der Waals surface area contributed by atoms with Gasteiger partial charge in [-0.05, 0) is 0 Å². The molecule has 2 aromatic rings. The molecule has 0 fully saturated rings. The lowest BCUT2D eigenvalue weighted by atomic mass is 10.6. The van der Waals surface area contributed by atoms with Gasteiger partial charge in [-0.3, -0.25) is 0 Å². The maximum Gasteiger partial charge on any atom is 0.135 e. The molecule has 4 nitrogen and oxygen atoms in total. The Hall–Kier alpha value is -1.29. The minimum absolute atomic E-state index is 0.662. The first-order valence-corrected chi connectivity index (χ1v) is 3.60. The zero-order valence-electron chi connectivity index (χ0n) is 6.14. The van der Waals surface area contributed by atoms with Crippen molar-refractivity contribution in [1.82, 2.24) is 14.2 Å². The summed E-state index contributed by atoms with van der Waals surface area (Å²) in [7, 11) is 0. The van der Waals surface area contributed by atoms with Gasteiger partial charge in [-0.2, -0.15) is 5.10 Å². The van der Waals surface area contributed by atoms with E-state index in [1.807, 2.05) is 23.0 Å². The minimum Gasteiger partial charge on any atom is -0.330 e. The Labute approximate surface area is 64.2 Å². The molecule has 0 radical (unpaired) electrons. The topological polar surface area (TPSA) is 48.2 Å². The first kappa shape index (κ1) is 6.42. The molecule has 0 amide bonds. The van der Waals surface area contributed by atoms with Gasteiger partial charge in [0.15, 0.2) is 0 Å². The third-order valence-corrected chi connectivity index (χ3v) is 1.70. The fourth-order valence-electron chi connectivity index (χ4n) is 1.20. The molecule has 0 saturated heterocycles. The van der Waals surface area contributed by atoms with E-state index in [4.69, 9.17) is 5.73 Å². The molecular formula is C7H10N4. The molecule has 0 bridgehead atoms. The molecule has 0 saturated carbocycles. The lowest BCUT2D eigenvalue weighted by molar-refractivity contribution is 0.730. The molecule has 0 unspecified atom stereocenters. The zero-order chi connectivity index (χ0) is 7.68. The van der Waals surface area contributed by atoms with Crippen LogP contribution in [0.4, 0.5) is 0 Å². The van der Waals surface area contributed by atoms with Crippen molar-refractivity contribution in [1.29, 1.82) is 0 Å². The summed E-state index contributed by atoms with van der Waals surface area (Å²) < 4.78 is 3.91. The van der Waals surface area contributed by atoms with Crippen LogP contribution in [0.2, 0.25) is 0 Å². The van der Waals surface area contributed by atoms with Crippen LogP contribution in [0.5, 0.6) is 0 Å². The number of rotatable bonds is 2. The highest BCUT2D eigenvalue weighted by molar-refractivity contribution is 5.37. The van der Waals surface area contributed by atoms with Crippen molar-refractivity contribution in [2.24, 2.45) is 5.73 Å². The van der Waals surface area contributed by atoms with E-state index in [2.05, 4.69) is 9.67 Å². The fourth-order valence-corrected chi connectivity index (χ4v) is 1.20. The number of fused-ring (bicyclic) bond motifs is 1. The Morgan fingerprint density at radius 1 is 1.45 bits per heavy atom. The maximum atomic E-state index is 5.43. The Morgan fingerprint density at radius 2 is 2.36 bits per heavy atom. The average molecular weight is 150 g/mol. The van der Waals surface area contributed by atoms with E-state index in [0.717, 1.165) is 12.2 Å². The van der Waals surface area contributed by atoms with Crippen molar-refractivity contribution >= 4 is 5.65 Å². The van der Waals surface area contributed by atoms with E-state index in [1.165, 1.54) is 0 Å².